The molecule has 1 rings (SSSR count). The van der Waals surface area contributed by atoms with E-state index in [0.29, 0.717) is 12.3 Å². The highest BCUT2D eigenvalue weighted by Crippen LogP contribution is 2.20. The molecule has 4 nitrogen and oxygen atoms in total. The summed E-state index contributed by atoms with van der Waals surface area (Å²) in [6.07, 6.45) is -0.846. The first-order valence-corrected chi connectivity index (χ1v) is 6.02. The van der Waals surface area contributed by atoms with Gasteiger partial charge in [0.2, 0.25) is 0 Å². The Balaban J connectivity index is 2.76. The van der Waals surface area contributed by atoms with Gasteiger partial charge in [-0.2, -0.15) is 0 Å². The van der Waals surface area contributed by atoms with E-state index in [1.54, 1.807) is 6.07 Å². The molecule has 0 aliphatic heterocycles. The molecule has 0 saturated carbocycles. The number of carboxylic acid groups (broad SMARTS) is 1. The molecule has 0 fully saturated rings. The van der Waals surface area contributed by atoms with Crippen LogP contribution in [0.1, 0.15) is 33.3 Å². The molecule has 1 aromatic carbocycles. The van der Waals surface area contributed by atoms with Crippen molar-refractivity contribution >= 4 is 5.97 Å². The molecule has 0 spiro atoms. The predicted molar refractivity (Wildman–Crippen MR) is 70.8 cm³/mol. The maximum absolute atomic E-state index is 10.8. The summed E-state index contributed by atoms with van der Waals surface area (Å²) in [6.45, 7) is 8.41. The number of carbonyl (C=O) groups is 1. The first kappa shape index (κ1) is 14.5. The largest absolute Gasteiger partial charge is 0.479 e. The molecule has 0 aromatic heterocycles. The van der Waals surface area contributed by atoms with Gasteiger partial charge < -0.3 is 15.2 Å². The highest BCUT2D eigenvalue weighted by molar-refractivity contribution is 5.72. The monoisotopic (exact) mass is 251 g/mol. The lowest BCUT2D eigenvalue weighted by molar-refractivity contribution is -0.144. The summed E-state index contributed by atoms with van der Waals surface area (Å²) < 4.78 is 5.43. The average Bonchev–Trinajstić information content (AvgIpc) is 2.26. The zero-order chi connectivity index (χ0) is 13.8. The van der Waals surface area contributed by atoms with Gasteiger partial charge in [0.1, 0.15) is 5.75 Å². The molecule has 0 aliphatic carbocycles. The van der Waals surface area contributed by atoms with Crippen LogP contribution >= 0.6 is 0 Å². The second-order valence-corrected chi connectivity index (χ2v) is 5.31. The van der Waals surface area contributed by atoms with Gasteiger partial charge in [-0.1, -0.05) is 18.2 Å². The first-order chi connectivity index (χ1) is 8.29. The summed E-state index contributed by atoms with van der Waals surface area (Å²) in [4.78, 5) is 10.8. The van der Waals surface area contributed by atoms with Crippen LogP contribution in [-0.2, 0) is 11.3 Å². The van der Waals surface area contributed by atoms with Crippen LogP contribution in [0.25, 0.3) is 0 Å². The Morgan fingerprint density at radius 1 is 1.39 bits per heavy atom. The Bertz CT molecular complexity index is 410. The smallest absolute Gasteiger partial charge is 0.344 e. The van der Waals surface area contributed by atoms with E-state index >= 15 is 0 Å². The molecule has 0 heterocycles. The van der Waals surface area contributed by atoms with E-state index < -0.39 is 12.1 Å². The standard InChI is InChI=1S/C14H21NO3/c1-10(13(16)17)18-12-8-6-5-7-11(12)9-15-14(2,3)4/h5-8,10,15H,9H2,1-4H3,(H,16,17). The lowest BCUT2D eigenvalue weighted by Gasteiger charge is -2.22. The predicted octanol–water partition coefficient (Wildman–Crippen LogP) is 2.43. The molecule has 1 atom stereocenters. The van der Waals surface area contributed by atoms with Gasteiger partial charge in [0.05, 0.1) is 0 Å². The lowest BCUT2D eigenvalue weighted by atomic mass is 10.1. The third-order valence-electron chi connectivity index (χ3n) is 2.43. The Hall–Kier alpha value is -1.55. The third-order valence-corrected chi connectivity index (χ3v) is 2.43. The molecular formula is C14H21NO3. The summed E-state index contributed by atoms with van der Waals surface area (Å²) >= 11 is 0. The molecule has 2 N–H and O–H groups in total. The SMILES string of the molecule is CC(Oc1ccccc1CNC(C)(C)C)C(=O)O. The van der Waals surface area contributed by atoms with Gasteiger partial charge in [-0.05, 0) is 33.8 Å². The van der Waals surface area contributed by atoms with Crippen molar-refractivity contribution in [1.29, 1.82) is 0 Å². The van der Waals surface area contributed by atoms with Crippen molar-refractivity contribution in [3.8, 4) is 5.75 Å². The van der Waals surface area contributed by atoms with Crippen LogP contribution in [-0.4, -0.2) is 22.7 Å². The number of hydrogen-bond donors (Lipinski definition) is 2. The summed E-state index contributed by atoms with van der Waals surface area (Å²) in [6, 6.07) is 7.48. The van der Waals surface area contributed by atoms with E-state index in [-0.39, 0.29) is 5.54 Å². The molecule has 100 valence electrons. The number of rotatable bonds is 5. The molecule has 0 bridgehead atoms. The van der Waals surface area contributed by atoms with E-state index in [4.69, 9.17) is 9.84 Å². The summed E-state index contributed by atoms with van der Waals surface area (Å²) in [7, 11) is 0. The van der Waals surface area contributed by atoms with E-state index in [1.165, 1.54) is 6.92 Å². The maximum Gasteiger partial charge on any atom is 0.344 e. The molecule has 0 radical (unpaired) electrons. The van der Waals surface area contributed by atoms with Crippen molar-refractivity contribution < 1.29 is 14.6 Å². The summed E-state index contributed by atoms with van der Waals surface area (Å²) in [5.74, 6) is -0.349. The van der Waals surface area contributed by atoms with Crippen molar-refractivity contribution in [2.45, 2.75) is 45.9 Å². The minimum atomic E-state index is -0.964. The number of para-hydroxylation sites is 1. The van der Waals surface area contributed by atoms with Crippen LogP contribution in [0.3, 0.4) is 0 Å². The molecule has 0 saturated heterocycles. The van der Waals surface area contributed by atoms with Gasteiger partial charge in [-0.3, -0.25) is 0 Å². The zero-order valence-electron chi connectivity index (χ0n) is 11.4. The van der Waals surface area contributed by atoms with Gasteiger partial charge in [-0.15, -0.1) is 0 Å². The Kier molecular flexibility index (Phi) is 4.73. The fourth-order valence-corrected chi connectivity index (χ4v) is 1.37. The van der Waals surface area contributed by atoms with Gasteiger partial charge in [0.25, 0.3) is 0 Å². The lowest BCUT2D eigenvalue weighted by Crippen LogP contribution is -2.35. The molecule has 1 unspecified atom stereocenters. The molecule has 1 aromatic rings. The van der Waals surface area contributed by atoms with Crippen molar-refractivity contribution in [1.82, 2.24) is 5.32 Å². The van der Waals surface area contributed by atoms with Crippen molar-refractivity contribution in [3.05, 3.63) is 29.8 Å². The number of nitrogens with one attached hydrogen (secondary N) is 1. The van der Waals surface area contributed by atoms with Gasteiger partial charge in [0.15, 0.2) is 6.10 Å². The van der Waals surface area contributed by atoms with E-state index in [1.807, 2.05) is 18.2 Å². The van der Waals surface area contributed by atoms with Crippen LogP contribution in [0.4, 0.5) is 0 Å². The minimum Gasteiger partial charge on any atom is -0.479 e. The Labute approximate surface area is 108 Å². The van der Waals surface area contributed by atoms with E-state index in [9.17, 15) is 4.79 Å². The second kappa shape index (κ2) is 5.87. The third kappa shape index (κ3) is 4.75. The maximum atomic E-state index is 10.8. The fraction of sp³-hybridized carbons (Fsp3) is 0.500. The van der Waals surface area contributed by atoms with Crippen molar-refractivity contribution in [2.75, 3.05) is 0 Å². The number of carboxylic acids is 1. The Morgan fingerprint density at radius 2 is 2.00 bits per heavy atom. The van der Waals surface area contributed by atoms with Crippen LogP contribution in [0.15, 0.2) is 24.3 Å². The van der Waals surface area contributed by atoms with Crippen LogP contribution in [0.2, 0.25) is 0 Å². The molecule has 4 heteroatoms. The van der Waals surface area contributed by atoms with Crippen LogP contribution in [0, 0.1) is 0 Å². The first-order valence-electron chi connectivity index (χ1n) is 6.02. The highest BCUT2D eigenvalue weighted by Gasteiger charge is 2.15. The molecular weight excluding hydrogens is 230 g/mol. The summed E-state index contributed by atoms with van der Waals surface area (Å²) in [5.41, 5.74) is 0.964. The second-order valence-electron chi connectivity index (χ2n) is 5.31. The molecule has 18 heavy (non-hydrogen) atoms. The van der Waals surface area contributed by atoms with E-state index in [0.717, 1.165) is 5.56 Å². The number of ether oxygens (including phenoxy) is 1. The zero-order valence-corrected chi connectivity index (χ0v) is 11.4. The topological polar surface area (TPSA) is 58.6 Å². The average molecular weight is 251 g/mol. The number of hydrogen-bond acceptors (Lipinski definition) is 3. The minimum absolute atomic E-state index is 0.00548. The normalized spacial score (nSPS) is 13.1. The molecule has 0 amide bonds. The quantitative estimate of drug-likeness (QED) is 0.843. The number of aliphatic carboxylic acids is 1. The number of benzene rings is 1. The highest BCUT2D eigenvalue weighted by atomic mass is 16.5. The van der Waals surface area contributed by atoms with Crippen molar-refractivity contribution in [3.63, 3.8) is 0 Å². The Morgan fingerprint density at radius 3 is 2.56 bits per heavy atom. The van der Waals surface area contributed by atoms with Gasteiger partial charge >= 0.3 is 5.97 Å². The van der Waals surface area contributed by atoms with Gasteiger partial charge in [0, 0.05) is 17.6 Å². The van der Waals surface area contributed by atoms with Crippen molar-refractivity contribution in [2.24, 2.45) is 0 Å². The molecule has 0 aliphatic rings. The van der Waals surface area contributed by atoms with Crippen LogP contribution in [0.5, 0.6) is 5.75 Å². The van der Waals surface area contributed by atoms with E-state index in [2.05, 4.69) is 26.1 Å². The van der Waals surface area contributed by atoms with Gasteiger partial charge in [-0.25, -0.2) is 4.79 Å². The summed E-state index contributed by atoms with van der Waals surface area (Å²) in [5, 5.41) is 12.2. The van der Waals surface area contributed by atoms with Crippen LogP contribution < -0.4 is 10.1 Å². The fourth-order valence-electron chi connectivity index (χ4n) is 1.37.